The number of aromatic hydroxyl groups is 1. The third kappa shape index (κ3) is 5.99. The lowest BCUT2D eigenvalue weighted by atomic mass is 9.56. The van der Waals surface area contributed by atoms with Crippen LogP contribution in [0.4, 0.5) is 5.82 Å². The number of aromatic nitrogens is 7. The summed E-state index contributed by atoms with van der Waals surface area (Å²) in [5.74, 6) is -1.76. The molecule has 1 aliphatic carbocycles. The van der Waals surface area contributed by atoms with Crippen molar-refractivity contribution in [1.29, 1.82) is 0 Å². The molecule has 3 aliphatic rings. The van der Waals surface area contributed by atoms with Crippen molar-refractivity contribution in [3.63, 3.8) is 0 Å². The molecule has 18 heteroatoms. The van der Waals surface area contributed by atoms with Gasteiger partial charge in [-0.05, 0) is 60.4 Å². The molecule has 2 amide bonds. The van der Waals surface area contributed by atoms with Gasteiger partial charge in [0.1, 0.15) is 23.0 Å². The number of allylic oxidation sites excluding steroid dienone is 2. The van der Waals surface area contributed by atoms with Crippen LogP contribution in [0.2, 0.25) is 5.02 Å². The van der Waals surface area contributed by atoms with Crippen LogP contribution in [0.5, 0.6) is 17.2 Å². The van der Waals surface area contributed by atoms with E-state index in [-0.39, 0.29) is 43.2 Å². The molecular formula is C49H43ClN8O8S. The maximum absolute atomic E-state index is 15.4. The van der Waals surface area contributed by atoms with Gasteiger partial charge in [-0.1, -0.05) is 54.1 Å². The Morgan fingerprint density at radius 1 is 0.925 bits per heavy atom. The highest BCUT2D eigenvalue weighted by molar-refractivity contribution is 7.22. The number of anilines is 1. The Kier molecular flexibility index (Phi) is 9.59. The van der Waals surface area contributed by atoms with Crippen LogP contribution in [-0.2, 0) is 43.2 Å². The number of ether oxygens (including phenoxy) is 2. The van der Waals surface area contributed by atoms with Crippen LogP contribution in [0, 0.1) is 18.3 Å². The average molecular weight is 939 g/mol. The fourth-order valence-electron chi connectivity index (χ4n) is 10.9. The SMILES string of the molecule is COc1cc2nc(CCn3c(=O)n4n(c3=O)C3CC5C(=O)N(c6cc(-c7sc8ccc(Cl)cc8c7C)nn6C)C(=O)C5(C)C(c5ccc6ccccc6c5O)C3=CC4)c(=O)n(C)c2cc1OC. The van der Waals surface area contributed by atoms with Crippen LogP contribution in [0.15, 0.2) is 98.8 Å². The van der Waals surface area contributed by atoms with E-state index in [1.54, 1.807) is 51.4 Å². The minimum atomic E-state index is -1.45. The zero-order valence-electron chi connectivity index (χ0n) is 37.2. The van der Waals surface area contributed by atoms with Gasteiger partial charge in [0.05, 0.1) is 54.0 Å². The summed E-state index contributed by atoms with van der Waals surface area (Å²) in [6.07, 6.45) is 1.81. The molecule has 0 radical (unpaired) electrons. The minimum Gasteiger partial charge on any atom is -0.507 e. The fraction of sp³-hybridized carbons (Fsp3) is 0.286. The Morgan fingerprint density at radius 2 is 1.69 bits per heavy atom. The van der Waals surface area contributed by atoms with Crippen molar-refractivity contribution >= 4 is 72.5 Å². The Labute approximate surface area is 390 Å². The number of hydrogen-bond acceptors (Lipinski definition) is 11. The number of carbonyl (C=O) groups excluding carboxylic acids is 2. The van der Waals surface area contributed by atoms with E-state index in [9.17, 15) is 19.5 Å². The van der Waals surface area contributed by atoms with Crippen LogP contribution < -0.4 is 31.3 Å². The van der Waals surface area contributed by atoms with Crippen LogP contribution in [-0.4, -0.2) is 64.4 Å². The van der Waals surface area contributed by atoms with Gasteiger partial charge >= 0.3 is 11.4 Å². The van der Waals surface area contributed by atoms with E-state index in [1.807, 2.05) is 55.5 Å². The molecule has 4 atom stereocenters. The van der Waals surface area contributed by atoms with Crippen molar-refractivity contribution in [3.05, 3.63) is 138 Å². The molecule has 2 fully saturated rings. The third-order valence-corrected chi connectivity index (χ3v) is 15.8. The average Bonchev–Trinajstić information content (AvgIpc) is 3.99. The second-order valence-electron chi connectivity index (χ2n) is 17.6. The molecule has 1 N–H and O–H groups in total. The monoisotopic (exact) mass is 938 g/mol. The first-order chi connectivity index (χ1) is 32.2. The summed E-state index contributed by atoms with van der Waals surface area (Å²) in [5, 5.41) is 19.9. The number of imide groups is 1. The van der Waals surface area contributed by atoms with E-state index < -0.39 is 52.0 Å². The van der Waals surface area contributed by atoms with Crippen molar-refractivity contribution in [2.24, 2.45) is 25.4 Å². The smallest absolute Gasteiger partial charge is 0.347 e. The highest BCUT2D eigenvalue weighted by atomic mass is 35.5. The molecule has 11 rings (SSSR count). The Bertz CT molecular complexity index is 3710. The van der Waals surface area contributed by atoms with Gasteiger partial charge in [-0.15, -0.1) is 11.3 Å². The van der Waals surface area contributed by atoms with Gasteiger partial charge in [-0.3, -0.25) is 19.1 Å². The zero-order valence-corrected chi connectivity index (χ0v) is 38.8. The van der Waals surface area contributed by atoms with Gasteiger partial charge < -0.3 is 19.1 Å². The second-order valence-corrected chi connectivity index (χ2v) is 19.1. The summed E-state index contributed by atoms with van der Waals surface area (Å²) in [5.41, 5.74) is 0.638. The number of amides is 2. The van der Waals surface area contributed by atoms with E-state index in [4.69, 9.17) is 26.2 Å². The number of rotatable bonds is 8. The Hall–Kier alpha value is -7.24. The lowest BCUT2D eigenvalue weighted by molar-refractivity contribution is -0.129. The molecule has 4 unspecified atom stereocenters. The number of carbonyl (C=O) groups is 2. The number of nitrogens with zero attached hydrogens (tertiary/aromatic N) is 8. The maximum atomic E-state index is 15.4. The number of fused-ring (bicyclic) bond motifs is 7. The molecule has 0 spiro atoms. The lowest BCUT2D eigenvalue weighted by Gasteiger charge is -2.47. The summed E-state index contributed by atoms with van der Waals surface area (Å²) in [6, 6.07) is 20.9. The van der Waals surface area contributed by atoms with E-state index in [1.165, 1.54) is 49.1 Å². The predicted octanol–water partition coefficient (Wildman–Crippen LogP) is 6.62. The molecule has 8 aromatic rings. The molecule has 340 valence electrons. The third-order valence-electron chi connectivity index (χ3n) is 14.3. The molecule has 4 aromatic carbocycles. The molecule has 0 bridgehead atoms. The van der Waals surface area contributed by atoms with Gasteiger partial charge in [0.2, 0.25) is 11.8 Å². The van der Waals surface area contributed by atoms with Crippen molar-refractivity contribution < 1.29 is 24.2 Å². The molecule has 1 saturated heterocycles. The largest absolute Gasteiger partial charge is 0.507 e. The predicted molar refractivity (Wildman–Crippen MR) is 255 cm³/mol. The Morgan fingerprint density at radius 3 is 2.46 bits per heavy atom. The minimum absolute atomic E-state index is 0.0105. The van der Waals surface area contributed by atoms with E-state index >= 15 is 9.59 Å². The molecule has 67 heavy (non-hydrogen) atoms. The quantitative estimate of drug-likeness (QED) is 0.129. The molecular weight excluding hydrogens is 896 g/mol. The van der Waals surface area contributed by atoms with Crippen molar-refractivity contribution in [3.8, 4) is 27.8 Å². The maximum Gasteiger partial charge on any atom is 0.347 e. The molecule has 6 heterocycles. The highest BCUT2D eigenvalue weighted by Gasteiger charge is 2.66. The summed E-state index contributed by atoms with van der Waals surface area (Å²) < 4.78 is 18.7. The summed E-state index contributed by atoms with van der Waals surface area (Å²) in [7, 11) is 6.30. The van der Waals surface area contributed by atoms with Gasteiger partial charge in [0, 0.05) is 71.9 Å². The van der Waals surface area contributed by atoms with Gasteiger partial charge in [0.25, 0.3) is 5.56 Å². The summed E-state index contributed by atoms with van der Waals surface area (Å²) >= 11 is 7.90. The number of halogens is 1. The van der Waals surface area contributed by atoms with Gasteiger partial charge in [-0.25, -0.2) is 33.4 Å². The first-order valence-corrected chi connectivity index (χ1v) is 22.9. The van der Waals surface area contributed by atoms with Crippen molar-refractivity contribution in [2.75, 3.05) is 19.1 Å². The van der Waals surface area contributed by atoms with Crippen molar-refractivity contribution in [1.82, 2.24) is 33.3 Å². The van der Waals surface area contributed by atoms with Crippen molar-refractivity contribution in [2.45, 2.75) is 51.7 Å². The zero-order chi connectivity index (χ0) is 47.0. The van der Waals surface area contributed by atoms with Gasteiger partial charge in [0.15, 0.2) is 11.5 Å². The molecule has 2 aliphatic heterocycles. The van der Waals surface area contributed by atoms with Gasteiger partial charge in [-0.2, -0.15) is 5.10 Å². The topological polar surface area (TPSA) is 178 Å². The van der Waals surface area contributed by atoms with Crippen LogP contribution >= 0.6 is 22.9 Å². The standard InChI is InChI=1S/C49H43ClN8O8S/c1-24-30-19-26(50)12-14-39(30)67-43(24)34-22-40(54(4)52-34)57-44(60)31-20-35-28(41(49(31,2)46(57)62)29-13-11-25-9-7-8-10-27(25)42(29)59)15-18-56-47(63)55(48(64)58(35)56)17-16-32-45(61)53(3)36-23-38(66-6)37(65-5)21-33(36)51-32/h7-15,19,21-23,31,35,41,59H,16-18,20H2,1-6H3. The summed E-state index contributed by atoms with van der Waals surface area (Å²) in [4.78, 5) is 79.9. The summed E-state index contributed by atoms with van der Waals surface area (Å²) in [6.45, 7) is 3.57. The first kappa shape index (κ1) is 42.4. The highest BCUT2D eigenvalue weighted by Crippen LogP contribution is 2.62. The van der Waals surface area contributed by atoms with E-state index in [2.05, 4.69) is 4.98 Å². The number of phenolic OH excluding ortho intramolecular Hbond substituents is 1. The second kappa shape index (κ2) is 15.1. The number of aryl methyl sites for hydroxylation is 4. The van der Waals surface area contributed by atoms with E-state index in [0.717, 1.165) is 30.5 Å². The van der Waals surface area contributed by atoms with E-state index in [0.29, 0.717) is 49.8 Å². The fourth-order valence-corrected chi connectivity index (χ4v) is 12.2. The Balaban J connectivity index is 1.01. The van der Waals surface area contributed by atoms with Crippen LogP contribution in [0.3, 0.4) is 0 Å². The number of phenols is 1. The molecule has 1 saturated carbocycles. The normalized spacial score (nSPS) is 20.1. The number of thiophene rings is 1. The molecule has 16 nitrogen and oxygen atoms in total. The lowest BCUT2D eigenvalue weighted by Crippen LogP contribution is -2.49. The first-order valence-electron chi connectivity index (χ1n) is 21.7. The van der Waals surface area contributed by atoms with Crippen LogP contribution in [0.1, 0.15) is 42.1 Å². The molecule has 4 aromatic heterocycles. The number of methoxy groups -OCH3 is 2. The van der Waals surface area contributed by atoms with Crippen LogP contribution in [0.25, 0.3) is 42.5 Å². The number of benzene rings is 4. The number of hydrogen-bond donors (Lipinski definition) is 1.